The number of nitrogens with one attached hydrogen (secondary N) is 2. The van der Waals surface area contributed by atoms with Crippen molar-refractivity contribution in [3.8, 4) is 0 Å². The average Bonchev–Trinajstić information content (AvgIpc) is 3.26. The van der Waals surface area contributed by atoms with Crippen LogP contribution >= 0.6 is 11.8 Å². The van der Waals surface area contributed by atoms with Gasteiger partial charge in [-0.2, -0.15) is 11.8 Å². The summed E-state index contributed by atoms with van der Waals surface area (Å²) in [5, 5.41) is 5.39. The molecule has 3 atom stereocenters. The highest BCUT2D eigenvalue weighted by molar-refractivity contribution is 7.99. The lowest BCUT2D eigenvalue weighted by Gasteiger charge is -2.33. The van der Waals surface area contributed by atoms with E-state index in [0.717, 1.165) is 0 Å². The minimum absolute atomic E-state index is 0.161. The number of hydrogen-bond donors (Lipinski definition) is 3. The molecule has 0 radical (unpaired) electrons. The number of urea groups is 1. The van der Waals surface area contributed by atoms with Crippen molar-refractivity contribution in [1.29, 1.82) is 0 Å². The maximum absolute atomic E-state index is 13.2. The number of carbonyl (C=O) groups excluding carboxylic acids is 4. The second-order valence-electron chi connectivity index (χ2n) is 6.60. The summed E-state index contributed by atoms with van der Waals surface area (Å²) in [7, 11) is 0. The van der Waals surface area contributed by atoms with Gasteiger partial charge in [-0.1, -0.05) is 6.08 Å². The summed E-state index contributed by atoms with van der Waals surface area (Å²) in [5.41, 5.74) is 5.43. The topological polar surface area (TPSA) is 125 Å². The van der Waals surface area contributed by atoms with Crippen LogP contribution < -0.4 is 16.4 Å². The highest BCUT2D eigenvalue weighted by Crippen LogP contribution is 2.26. The molecule has 4 N–H and O–H groups in total. The van der Waals surface area contributed by atoms with Crippen molar-refractivity contribution in [2.45, 2.75) is 37.4 Å². The van der Waals surface area contributed by atoms with Gasteiger partial charge in [-0.15, -0.1) is 6.58 Å². The number of thioether (sulfide) groups is 1. The summed E-state index contributed by atoms with van der Waals surface area (Å²) in [6.07, 6.45) is 5.03. The molecular weight excluding hydrogens is 370 g/mol. The third-order valence-corrected chi connectivity index (χ3v) is 5.36. The lowest BCUT2D eigenvalue weighted by molar-refractivity contribution is -0.145. The van der Waals surface area contributed by atoms with Gasteiger partial charge in [-0.3, -0.25) is 14.4 Å². The minimum Gasteiger partial charge on any atom is -0.368 e. The molecule has 0 spiro atoms. The number of primary amides is 1. The van der Waals surface area contributed by atoms with E-state index in [9.17, 15) is 19.2 Å². The zero-order valence-corrected chi connectivity index (χ0v) is 16.3. The molecule has 27 heavy (non-hydrogen) atoms. The van der Waals surface area contributed by atoms with E-state index in [-0.39, 0.29) is 17.6 Å². The van der Waals surface area contributed by atoms with Gasteiger partial charge in [-0.05, 0) is 25.5 Å². The predicted molar refractivity (Wildman–Crippen MR) is 103 cm³/mol. The molecule has 10 heteroatoms. The quantitative estimate of drug-likeness (QED) is 0.489. The SMILES string of the molecule is C=CCNC(=O)NC1CCN(C(=O)CSC)C1C(=O)N1CCCC1C(N)=O. The molecule has 2 rings (SSSR count). The smallest absolute Gasteiger partial charge is 0.315 e. The van der Waals surface area contributed by atoms with E-state index in [1.54, 1.807) is 6.08 Å². The van der Waals surface area contributed by atoms with E-state index in [4.69, 9.17) is 5.73 Å². The molecule has 5 amide bonds. The molecule has 150 valence electrons. The molecule has 9 nitrogen and oxygen atoms in total. The molecule has 0 saturated carbocycles. The summed E-state index contributed by atoms with van der Waals surface area (Å²) in [5.74, 6) is -0.795. The molecule has 0 aromatic heterocycles. The van der Waals surface area contributed by atoms with Crippen molar-refractivity contribution in [1.82, 2.24) is 20.4 Å². The Kier molecular flexibility index (Phi) is 7.52. The largest absolute Gasteiger partial charge is 0.368 e. The second kappa shape index (κ2) is 9.63. The molecule has 2 aliphatic heterocycles. The van der Waals surface area contributed by atoms with Crippen LogP contribution in [-0.2, 0) is 14.4 Å². The minimum atomic E-state index is -0.834. The molecular formula is C17H27N5O4S. The van der Waals surface area contributed by atoms with E-state index in [1.165, 1.54) is 21.6 Å². The standard InChI is InChI=1S/C17H27N5O4S/c1-3-7-19-17(26)20-11-6-9-22(13(23)10-27-2)14(11)16(25)21-8-4-5-12(21)15(18)24/h3,11-12,14H,1,4-10H2,2H3,(H2,18,24)(H2,19,20,26). The molecule has 2 saturated heterocycles. The van der Waals surface area contributed by atoms with Crippen LogP contribution in [0.3, 0.4) is 0 Å². The number of rotatable bonds is 7. The van der Waals surface area contributed by atoms with Crippen LogP contribution in [0.25, 0.3) is 0 Å². The van der Waals surface area contributed by atoms with Gasteiger partial charge >= 0.3 is 6.03 Å². The maximum Gasteiger partial charge on any atom is 0.315 e. The predicted octanol–water partition coefficient (Wildman–Crippen LogP) is -0.720. The zero-order chi connectivity index (χ0) is 20.0. The molecule has 3 unspecified atom stereocenters. The van der Waals surface area contributed by atoms with Crippen molar-refractivity contribution in [2.75, 3.05) is 31.6 Å². The highest BCUT2D eigenvalue weighted by Gasteiger charge is 2.46. The number of likely N-dealkylation sites (tertiary alicyclic amines) is 2. The Hall–Kier alpha value is -2.23. The molecule has 2 fully saturated rings. The fraction of sp³-hybridized carbons (Fsp3) is 0.647. The number of carbonyl (C=O) groups is 4. The van der Waals surface area contributed by atoms with Crippen molar-refractivity contribution in [3.05, 3.63) is 12.7 Å². The van der Waals surface area contributed by atoms with E-state index in [1.807, 2.05) is 6.26 Å². The van der Waals surface area contributed by atoms with Gasteiger partial charge < -0.3 is 26.2 Å². The zero-order valence-electron chi connectivity index (χ0n) is 15.5. The molecule has 2 aliphatic rings. The van der Waals surface area contributed by atoms with Gasteiger partial charge in [0.15, 0.2) is 0 Å². The third-order valence-electron chi connectivity index (χ3n) is 4.83. The monoisotopic (exact) mass is 397 g/mol. The van der Waals surface area contributed by atoms with Gasteiger partial charge in [0.25, 0.3) is 0 Å². The Bertz CT molecular complexity index is 614. The van der Waals surface area contributed by atoms with Crippen molar-refractivity contribution in [3.63, 3.8) is 0 Å². The van der Waals surface area contributed by atoms with Gasteiger partial charge in [0, 0.05) is 19.6 Å². The van der Waals surface area contributed by atoms with Crippen molar-refractivity contribution < 1.29 is 19.2 Å². The third kappa shape index (κ3) is 4.94. The van der Waals surface area contributed by atoms with E-state index >= 15 is 0 Å². The average molecular weight is 398 g/mol. The second-order valence-corrected chi connectivity index (χ2v) is 7.46. The first-order valence-electron chi connectivity index (χ1n) is 8.94. The lowest BCUT2D eigenvalue weighted by Crippen LogP contribution is -2.58. The van der Waals surface area contributed by atoms with Crippen LogP contribution in [0.15, 0.2) is 12.7 Å². The Morgan fingerprint density at radius 1 is 1.22 bits per heavy atom. The highest BCUT2D eigenvalue weighted by atomic mass is 32.2. The van der Waals surface area contributed by atoms with Gasteiger partial charge in [0.1, 0.15) is 12.1 Å². The lowest BCUT2D eigenvalue weighted by atomic mass is 10.1. The summed E-state index contributed by atoms with van der Waals surface area (Å²) in [6, 6.07) is -2.45. The maximum atomic E-state index is 13.2. The van der Waals surface area contributed by atoms with Crippen LogP contribution in [0.2, 0.25) is 0 Å². The first kappa shape index (κ1) is 21.1. The Labute approximate surface area is 163 Å². The fourth-order valence-corrected chi connectivity index (χ4v) is 4.03. The van der Waals surface area contributed by atoms with Gasteiger partial charge in [0.2, 0.25) is 17.7 Å². The number of nitrogens with zero attached hydrogens (tertiary/aromatic N) is 2. The Balaban J connectivity index is 2.20. The summed E-state index contributed by atoms with van der Waals surface area (Å²) in [4.78, 5) is 52.4. The van der Waals surface area contributed by atoms with Crippen molar-refractivity contribution >= 4 is 35.5 Å². The molecule has 2 heterocycles. The van der Waals surface area contributed by atoms with Crippen LogP contribution in [-0.4, -0.2) is 83.3 Å². The van der Waals surface area contributed by atoms with Crippen LogP contribution in [0.1, 0.15) is 19.3 Å². The van der Waals surface area contributed by atoms with E-state index < -0.39 is 30.1 Å². The normalized spacial score (nSPS) is 24.6. The number of amides is 5. The summed E-state index contributed by atoms with van der Waals surface area (Å²) < 4.78 is 0. The fourth-order valence-electron chi connectivity index (χ4n) is 3.62. The van der Waals surface area contributed by atoms with E-state index in [2.05, 4.69) is 17.2 Å². The molecule has 0 aromatic rings. The Morgan fingerprint density at radius 2 is 1.96 bits per heavy atom. The Morgan fingerprint density at radius 3 is 2.59 bits per heavy atom. The first-order chi connectivity index (χ1) is 12.9. The van der Waals surface area contributed by atoms with Gasteiger partial charge in [0.05, 0.1) is 11.8 Å². The number of hydrogen-bond acceptors (Lipinski definition) is 5. The molecule has 0 bridgehead atoms. The summed E-state index contributed by atoms with van der Waals surface area (Å²) in [6.45, 7) is 4.62. The van der Waals surface area contributed by atoms with Crippen LogP contribution in [0, 0.1) is 0 Å². The summed E-state index contributed by atoms with van der Waals surface area (Å²) >= 11 is 1.37. The van der Waals surface area contributed by atoms with Crippen LogP contribution in [0.5, 0.6) is 0 Å². The van der Waals surface area contributed by atoms with Gasteiger partial charge in [-0.25, -0.2) is 4.79 Å². The molecule has 0 aliphatic carbocycles. The first-order valence-corrected chi connectivity index (χ1v) is 10.3. The number of nitrogens with two attached hydrogens (primary N) is 1. The van der Waals surface area contributed by atoms with Crippen molar-refractivity contribution in [2.24, 2.45) is 5.73 Å². The van der Waals surface area contributed by atoms with Crippen LogP contribution in [0.4, 0.5) is 4.79 Å². The molecule has 0 aromatic carbocycles. The van der Waals surface area contributed by atoms with E-state index in [0.29, 0.717) is 38.9 Å².